The average molecular weight is 303 g/mol. The fraction of sp³-hybridized carbons (Fsp3) is 0.571. The summed E-state index contributed by atoms with van der Waals surface area (Å²) in [5, 5.41) is 3.20. The van der Waals surface area contributed by atoms with Crippen LogP contribution in [0.5, 0.6) is 0 Å². The molecular formula is C14H19F2NO2S. The van der Waals surface area contributed by atoms with Crippen molar-refractivity contribution in [1.82, 2.24) is 5.32 Å². The SMILES string of the molecule is CCNC(Cc1cccc(F)c1F)C1CCS(=O)(=O)C1. The minimum absolute atomic E-state index is 0.0392. The largest absolute Gasteiger partial charge is 0.314 e. The number of nitrogens with one attached hydrogen (secondary N) is 1. The Hall–Kier alpha value is -1.01. The summed E-state index contributed by atoms with van der Waals surface area (Å²) in [5.41, 5.74) is 0.292. The van der Waals surface area contributed by atoms with E-state index >= 15 is 0 Å². The van der Waals surface area contributed by atoms with Gasteiger partial charge >= 0.3 is 0 Å². The third-order valence-electron chi connectivity index (χ3n) is 3.77. The van der Waals surface area contributed by atoms with Crippen molar-refractivity contribution >= 4 is 9.84 Å². The Kier molecular flexibility index (Phi) is 4.75. The van der Waals surface area contributed by atoms with Gasteiger partial charge in [-0.15, -0.1) is 0 Å². The van der Waals surface area contributed by atoms with E-state index in [-0.39, 0.29) is 23.5 Å². The molecule has 2 rings (SSSR count). The third kappa shape index (κ3) is 3.55. The van der Waals surface area contributed by atoms with Crippen LogP contribution in [-0.4, -0.2) is 32.5 Å². The minimum Gasteiger partial charge on any atom is -0.314 e. The van der Waals surface area contributed by atoms with Gasteiger partial charge in [0.25, 0.3) is 0 Å². The molecule has 0 radical (unpaired) electrons. The van der Waals surface area contributed by atoms with Crippen LogP contribution in [0.2, 0.25) is 0 Å². The molecule has 0 spiro atoms. The zero-order valence-electron chi connectivity index (χ0n) is 11.4. The van der Waals surface area contributed by atoms with Crippen molar-refractivity contribution in [2.24, 2.45) is 5.92 Å². The van der Waals surface area contributed by atoms with Crippen LogP contribution >= 0.6 is 0 Å². The zero-order valence-corrected chi connectivity index (χ0v) is 12.2. The first-order valence-corrected chi connectivity index (χ1v) is 8.61. The Bertz CT molecular complexity index is 575. The third-order valence-corrected chi connectivity index (χ3v) is 5.57. The van der Waals surface area contributed by atoms with Gasteiger partial charge in [0.15, 0.2) is 21.5 Å². The fourth-order valence-electron chi connectivity index (χ4n) is 2.75. The van der Waals surface area contributed by atoms with Gasteiger partial charge in [-0.1, -0.05) is 19.1 Å². The van der Waals surface area contributed by atoms with Gasteiger partial charge < -0.3 is 5.32 Å². The number of hydrogen-bond donors (Lipinski definition) is 1. The molecule has 2 unspecified atom stereocenters. The van der Waals surface area contributed by atoms with Crippen molar-refractivity contribution in [2.45, 2.75) is 25.8 Å². The average Bonchev–Trinajstić information content (AvgIpc) is 2.74. The summed E-state index contributed by atoms with van der Waals surface area (Å²) in [7, 11) is -2.98. The summed E-state index contributed by atoms with van der Waals surface area (Å²) >= 11 is 0. The number of hydrogen-bond acceptors (Lipinski definition) is 3. The van der Waals surface area contributed by atoms with Crippen molar-refractivity contribution in [2.75, 3.05) is 18.1 Å². The van der Waals surface area contributed by atoms with E-state index in [9.17, 15) is 17.2 Å². The van der Waals surface area contributed by atoms with E-state index < -0.39 is 21.5 Å². The molecule has 20 heavy (non-hydrogen) atoms. The highest BCUT2D eigenvalue weighted by atomic mass is 32.2. The van der Waals surface area contributed by atoms with Crippen molar-refractivity contribution in [1.29, 1.82) is 0 Å². The second-order valence-corrected chi connectivity index (χ2v) is 7.47. The van der Waals surface area contributed by atoms with Gasteiger partial charge in [0.1, 0.15) is 0 Å². The molecule has 1 heterocycles. The standard InChI is InChI=1S/C14H19F2NO2S/c1-2-17-13(11-6-7-20(18,19)9-11)8-10-4-3-5-12(15)14(10)16/h3-5,11,13,17H,2,6-9H2,1H3. The first-order valence-electron chi connectivity index (χ1n) is 6.79. The van der Waals surface area contributed by atoms with Crippen LogP contribution in [0, 0.1) is 17.6 Å². The Morgan fingerprint density at radius 3 is 2.75 bits per heavy atom. The maximum absolute atomic E-state index is 13.7. The van der Waals surface area contributed by atoms with Gasteiger partial charge in [-0.3, -0.25) is 0 Å². The molecule has 6 heteroatoms. The molecule has 1 saturated heterocycles. The second kappa shape index (κ2) is 6.18. The predicted octanol–water partition coefficient (Wildman–Crippen LogP) is 1.92. The van der Waals surface area contributed by atoms with Crippen LogP contribution in [0.3, 0.4) is 0 Å². The van der Waals surface area contributed by atoms with Crippen molar-refractivity contribution < 1.29 is 17.2 Å². The van der Waals surface area contributed by atoms with Gasteiger partial charge in [0.2, 0.25) is 0 Å². The van der Waals surface area contributed by atoms with Crippen LogP contribution in [-0.2, 0) is 16.3 Å². The van der Waals surface area contributed by atoms with E-state index in [1.165, 1.54) is 6.07 Å². The van der Waals surface area contributed by atoms with Gasteiger partial charge in [0.05, 0.1) is 11.5 Å². The van der Waals surface area contributed by atoms with Gasteiger partial charge in [0, 0.05) is 6.04 Å². The van der Waals surface area contributed by atoms with E-state index in [4.69, 9.17) is 0 Å². The van der Waals surface area contributed by atoms with Crippen molar-refractivity contribution in [3.8, 4) is 0 Å². The van der Waals surface area contributed by atoms with Crippen molar-refractivity contribution in [3.63, 3.8) is 0 Å². The molecule has 0 bridgehead atoms. The van der Waals surface area contributed by atoms with Gasteiger partial charge in [-0.2, -0.15) is 0 Å². The maximum Gasteiger partial charge on any atom is 0.162 e. The lowest BCUT2D eigenvalue weighted by Crippen LogP contribution is -2.38. The van der Waals surface area contributed by atoms with Gasteiger partial charge in [-0.05, 0) is 36.9 Å². The minimum atomic E-state index is -2.98. The number of halogens is 2. The molecule has 0 amide bonds. The van der Waals surface area contributed by atoms with Crippen LogP contribution in [0.4, 0.5) is 8.78 Å². The second-order valence-electron chi connectivity index (χ2n) is 5.24. The first kappa shape index (κ1) is 15.4. The molecular weight excluding hydrogens is 284 g/mol. The fourth-order valence-corrected chi connectivity index (χ4v) is 4.63. The molecule has 1 aliphatic heterocycles. The summed E-state index contributed by atoms with van der Waals surface area (Å²) < 4.78 is 50.1. The Balaban J connectivity index is 2.16. The quantitative estimate of drug-likeness (QED) is 0.904. The van der Waals surface area contributed by atoms with Crippen LogP contribution in [0.15, 0.2) is 18.2 Å². The van der Waals surface area contributed by atoms with Crippen LogP contribution < -0.4 is 5.32 Å². The van der Waals surface area contributed by atoms with Crippen LogP contribution in [0.25, 0.3) is 0 Å². The first-order chi connectivity index (χ1) is 9.43. The van der Waals surface area contributed by atoms with Gasteiger partial charge in [-0.25, -0.2) is 17.2 Å². The lowest BCUT2D eigenvalue weighted by molar-refractivity contribution is 0.379. The molecule has 1 aliphatic rings. The highest BCUT2D eigenvalue weighted by Crippen LogP contribution is 2.25. The summed E-state index contributed by atoms with van der Waals surface area (Å²) in [6.07, 6.45) is 0.883. The number of likely N-dealkylation sites (N-methyl/N-ethyl adjacent to an activating group) is 1. The van der Waals surface area contributed by atoms with E-state index in [1.807, 2.05) is 6.92 Å². The Labute approximate surface area is 118 Å². The normalized spacial score (nSPS) is 22.9. The highest BCUT2D eigenvalue weighted by Gasteiger charge is 2.33. The topological polar surface area (TPSA) is 46.2 Å². The molecule has 1 fully saturated rings. The Morgan fingerprint density at radius 1 is 1.40 bits per heavy atom. The molecule has 1 N–H and O–H groups in total. The smallest absolute Gasteiger partial charge is 0.162 e. The summed E-state index contributed by atoms with van der Waals surface area (Å²) in [6.45, 7) is 2.58. The lowest BCUT2D eigenvalue weighted by atomic mass is 9.92. The van der Waals surface area contributed by atoms with Crippen LogP contribution in [0.1, 0.15) is 18.9 Å². The lowest BCUT2D eigenvalue weighted by Gasteiger charge is -2.23. The molecule has 112 valence electrons. The molecule has 3 nitrogen and oxygen atoms in total. The van der Waals surface area contributed by atoms with E-state index in [1.54, 1.807) is 6.07 Å². The monoisotopic (exact) mass is 303 g/mol. The molecule has 0 aromatic heterocycles. The van der Waals surface area contributed by atoms with Crippen molar-refractivity contribution in [3.05, 3.63) is 35.4 Å². The van der Waals surface area contributed by atoms with E-state index in [0.29, 0.717) is 24.9 Å². The number of benzene rings is 1. The molecule has 1 aromatic carbocycles. The molecule has 0 aliphatic carbocycles. The predicted molar refractivity (Wildman–Crippen MR) is 74.3 cm³/mol. The Morgan fingerprint density at radius 2 is 2.15 bits per heavy atom. The number of sulfone groups is 1. The van der Waals surface area contributed by atoms with E-state index in [2.05, 4.69) is 5.32 Å². The summed E-state index contributed by atoms with van der Waals surface area (Å²) in [4.78, 5) is 0. The highest BCUT2D eigenvalue weighted by molar-refractivity contribution is 7.91. The molecule has 0 saturated carbocycles. The summed E-state index contributed by atoms with van der Waals surface area (Å²) in [5.74, 6) is -1.43. The summed E-state index contributed by atoms with van der Waals surface area (Å²) in [6, 6.07) is 3.96. The number of rotatable bonds is 5. The molecule has 2 atom stereocenters. The van der Waals surface area contributed by atoms with E-state index in [0.717, 1.165) is 6.07 Å². The molecule has 1 aromatic rings. The zero-order chi connectivity index (χ0) is 14.8. The maximum atomic E-state index is 13.7.